The molecule has 0 saturated heterocycles. The molecule has 1 saturated carbocycles. The molecule has 1 fully saturated rings. The van der Waals surface area contributed by atoms with Crippen LogP contribution in [0.4, 0.5) is 18.9 Å². The van der Waals surface area contributed by atoms with Crippen molar-refractivity contribution in [3.05, 3.63) is 75.7 Å². The summed E-state index contributed by atoms with van der Waals surface area (Å²) >= 11 is 0. The van der Waals surface area contributed by atoms with Gasteiger partial charge in [0.1, 0.15) is 24.3 Å². The van der Waals surface area contributed by atoms with Gasteiger partial charge < -0.3 is 19.8 Å². The minimum atomic E-state index is -4.61. The summed E-state index contributed by atoms with van der Waals surface area (Å²) in [4.78, 5) is 26.3. The lowest BCUT2D eigenvalue weighted by Gasteiger charge is -2.46. The van der Waals surface area contributed by atoms with Crippen molar-refractivity contribution in [2.45, 2.75) is 71.1 Å². The van der Waals surface area contributed by atoms with Crippen molar-refractivity contribution in [1.82, 2.24) is 24.6 Å². The number of halogens is 3. The second kappa shape index (κ2) is 12.0. The smallest absolute Gasteiger partial charge is 0.322 e. The summed E-state index contributed by atoms with van der Waals surface area (Å²) in [7, 11) is 1.89. The molecule has 0 atom stereocenters. The Balaban J connectivity index is 1.61. The average molecular weight is 559 g/mol. The molecule has 1 amide bonds. The Morgan fingerprint density at radius 1 is 1.20 bits per heavy atom. The summed E-state index contributed by atoms with van der Waals surface area (Å²) in [5.41, 5.74) is 0.148. The molecule has 2 N–H and O–H groups in total. The molecule has 0 aliphatic heterocycles. The van der Waals surface area contributed by atoms with E-state index in [0.29, 0.717) is 34.2 Å². The number of benzene rings is 1. The number of rotatable bonds is 11. The van der Waals surface area contributed by atoms with Crippen molar-refractivity contribution in [1.29, 1.82) is 0 Å². The van der Waals surface area contributed by atoms with E-state index in [0.717, 1.165) is 37.1 Å². The first-order chi connectivity index (χ1) is 19.0. The van der Waals surface area contributed by atoms with Crippen molar-refractivity contribution in [3.63, 3.8) is 0 Å². The minimum absolute atomic E-state index is 0.239. The fourth-order valence-electron chi connectivity index (χ4n) is 5.75. The highest BCUT2D eigenvalue weighted by Crippen LogP contribution is 2.51. The largest absolute Gasteiger partial charge is 0.406 e. The van der Waals surface area contributed by atoms with E-state index in [4.69, 9.17) is 0 Å². The van der Waals surface area contributed by atoms with E-state index < -0.39 is 24.2 Å². The highest BCUT2D eigenvalue weighted by Gasteiger charge is 2.48. The number of carbonyl (C=O) groups excluding carboxylic acids is 1. The van der Waals surface area contributed by atoms with Gasteiger partial charge in [-0.15, -0.1) is 10.2 Å². The molecule has 1 aliphatic rings. The zero-order valence-corrected chi connectivity index (χ0v) is 23.4. The fraction of sp³-hybridized carbons (Fsp3) is 0.517. The molecule has 4 rings (SSSR count). The molecule has 2 aromatic heterocycles. The monoisotopic (exact) mass is 558 g/mol. The quantitative estimate of drug-likeness (QED) is 0.344. The van der Waals surface area contributed by atoms with Gasteiger partial charge in [0.2, 0.25) is 0 Å². The number of pyridine rings is 1. The number of aromatic nitrogens is 4. The Hall–Kier alpha value is -3.47. The number of hydrogen-bond acceptors (Lipinski definition) is 5. The van der Waals surface area contributed by atoms with Gasteiger partial charge in [-0.3, -0.25) is 9.59 Å². The first-order valence-electron chi connectivity index (χ1n) is 13.7. The fourth-order valence-corrected chi connectivity index (χ4v) is 5.75. The number of nitrogens with zero attached hydrogens (tertiary/aromatic N) is 4. The molecule has 1 aliphatic carbocycles. The molecule has 3 aromatic rings. The Kier molecular flexibility index (Phi) is 8.82. The third-order valence-corrected chi connectivity index (χ3v) is 7.86. The summed E-state index contributed by atoms with van der Waals surface area (Å²) in [5.74, 6) is 0.996. The van der Waals surface area contributed by atoms with E-state index in [1.54, 1.807) is 12.4 Å². The highest BCUT2D eigenvalue weighted by atomic mass is 19.4. The van der Waals surface area contributed by atoms with Crippen molar-refractivity contribution in [3.8, 4) is 0 Å². The van der Waals surface area contributed by atoms with E-state index in [2.05, 4.69) is 41.6 Å². The standard InChI is InChI=1S/C29H37F3N6O2/c1-5-20(6-2)14-33-15-21-10-24(26(40)38(16-21)17-29(30,31)32)25(39)35-23-9-7-8-22(11-23)28(12-19(3)13-28)27-36-34-18-37(27)4/h7-11,16,18-20,33H,5-6,12-15,17H2,1-4H3,(H,35,39). The van der Waals surface area contributed by atoms with Crippen LogP contribution in [0.2, 0.25) is 0 Å². The molecule has 8 nitrogen and oxygen atoms in total. The van der Waals surface area contributed by atoms with E-state index >= 15 is 0 Å². The van der Waals surface area contributed by atoms with Gasteiger partial charge >= 0.3 is 6.18 Å². The van der Waals surface area contributed by atoms with Crippen LogP contribution in [0.15, 0.2) is 47.7 Å². The molecule has 40 heavy (non-hydrogen) atoms. The summed E-state index contributed by atoms with van der Waals surface area (Å²) in [6.45, 7) is 5.78. The van der Waals surface area contributed by atoms with Crippen LogP contribution in [0, 0.1) is 11.8 Å². The maximum atomic E-state index is 13.3. The van der Waals surface area contributed by atoms with Crippen LogP contribution < -0.4 is 16.2 Å². The lowest BCUT2D eigenvalue weighted by molar-refractivity contribution is -0.141. The minimum Gasteiger partial charge on any atom is -0.322 e. The normalized spacial score (nSPS) is 19.1. The molecule has 2 heterocycles. The average Bonchev–Trinajstić information content (AvgIpc) is 3.31. The van der Waals surface area contributed by atoms with Crippen LogP contribution in [0.5, 0.6) is 0 Å². The Bertz CT molecular complexity index is 1390. The molecule has 0 radical (unpaired) electrons. The van der Waals surface area contributed by atoms with Crippen molar-refractivity contribution < 1.29 is 18.0 Å². The second-order valence-corrected chi connectivity index (χ2v) is 11.0. The van der Waals surface area contributed by atoms with Crippen molar-refractivity contribution in [2.24, 2.45) is 18.9 Å². The van der Waals surface area contributed by atoms with Gasteiger partial charge in [0.15, 0.2) is 0 Å². The second-order valence-electron chi connectivity index (χ2n) is 11.0. The van der Waals surface area contributed by atoms with Crippen LogP contribution in [0.3, 0.4) is 0 Å². The van der Waals surface area contributed by atoms with Crippen LogP contribution >= 0.6 is 0 Å². The molecular weight excluding hydrogens is 521 g/mol. The Morgan fingerprint density at radius 3 is 2.52 bits per heavy atom. The first-order valence-corrected chi connectivity index (χ1v) is 13.7. The lowest BCUT2D eigenvalue weighted by Crippen LogP contribution is -2.43. The SMILES string of the molecule is CCC(CC)CNCc1cc(C(=O)Nc2cccc(C3(c4nncn4C)CC(C)C3)c2)c(=O)n(CC(F)(F)F)c1. The highest BCUT2D eigenvalue weighted by molar-refractivity contribution is 6.04. The van der Waals surface area contributed by atoms with Gasteiger partial charge in [-0.1, -0.05) is 45.7 Å². The molecular formula is C29H37F3N6O2. The zero-order valence-electron chi connectivity index (χ0n) is 23.4. The third kappa shape index (κ3) is 6.46. The summed E-state index contributed by atoms with van der Waals surface area (Å²) < 4.78 is 42.2. The van der Waals surface area contributed by atoms with E-state index in [9.17, 15) is 22.8 Å². The van der Waals surface area contributed by atoms with Gasteiger partial charge in [0.25, 0.3) is 11.5 Å². The summed E-state index contributed by atoms with van der Waals surface area (Å²) in [6, 6.07) is 8.70. The van der Waals surface area contributed by atoms with Gasteiger partial charge in [0.05, 0.1) is 5.41 Å². The molecule has 0 unspecified atom stereocenters. The van der Waals surface area contributed by atoms with Crippen molar-refractivity contribution >= 4 is 11.6 Å². The lowest BCUT2D eigenvalue weighted by atomic mass is 9.58. The predicted octanol–water partition coefficient (Wildman–Crippen LogP) is 5.03. The zero-order chi connectivity index (χ0) is 29.1. The number of carbonyl (C=O) groups is 1. The van der Waals surface area contributed by atoms with E-state index in [-0.39, 0.29) is 17.5 Å². The van der Waals surface area contributed by atoms with Crippen LogP contribution in [0.25, 0.3) is 0 Å². The molecule has 1 aromatic carbocycles. The Morgan fingerprint density at radius 2 is 1.93 bits per heavy atom. The van der Waals surface area contributed by atoms with E-state index in [1.165, 1.54) is 12.3 Å². The predicted molar refractivity (Wildman–Crippen MR) is 147 cm³/mol. The topological polar surface area (TPSA) is 93.8 Å². The van der Waals surface area contributed by atoms with Gasteiger partial charge in [0, 0.05) is 25.5 Å². The molecule has 0 bridgehead atoms. The van der Waals surface area contributed by atoms with Gasteiger partial charge in [-0.05, 0) is 60.5 Å². The van der Waals surface area contributed by atoms with Crippen LogP contribution in [-0.4, -0.2) is 38.0 Å². The first kappa shape index (κ1) is 29.5. The summed E-state index contributed by atoms with van der Waals surface area (Å²) in [5, 5.41) is 14.4. The summed E-state index contributed by atoms with van der Waals surface area (Å²) in [6.07, 6.45) is 1.90. The number of nitrogens with one attached hydrogen (secondary N) is 2. The van der Waals surface area contributed by atoms with Gasteiger partial charge in [-0.2, -0.15) is 13.2 Å². The molecule has 0 spiro atoms. The maximum absolute atomic E-state index is 13.3. The maximum Gasteiger partial charge on any atom is 0.406 e. The third-order valence-electron chi connectivity index (χ3n) is 7.86. The molecule has 11 heteroatoms. The van der Waals surface area contributed by atoms with Crippen LogP contribution in [-0.2, 0) is 25.6 Å². The molecule has 216 valence electrons. The van der Waals surface area contributed by atoms with Crippen LogP contribution in [0.1, 0.15) is 73.8 Å². The Labute approximate surface area is 232 Å². The number of amides is 1. The number of aryl methyl sites for hydroxylation is 1. The van der Waals surface area contributed by atoms with E-state index in [1.807, 2.05) is 29.8 Å². The van der Waals surface area contributed by atoms with Gasteiger partial charge in [-0.25, -0.2) is 0 Å². The number of hydrogen-bond donors (Lipinski definition) is 2. The number of anilines is 1. The van der Waals surface area contributed by atoms with Crippen molar-refractivity contribution in [2.75, 3.05) is 11.9 Å². The number of alkyl halides is 3.